The van der Waals surface area contributed by atoms with E-state index in [1.807, 2.05) is 18.2 Å². The summed E-state index contributed by atoms with van der Waals surface area (Å²) in [5.41, 5.74) is 1.60. The Kier molecular flexibility index (Phi) is 2.10. The molecule has 0 aliphatic carbocycles. The van der Waals surface area contributed by atoms with E-state index in [1.54, 1.807) is 13.2 Å². The first-order valence-corrected chi connectivity index (χ1v) is 4.54. The number of hydrogen-bond acceptors (Lipinski definition) is 3. The Balaban J connectivity index is 2.46. The van der Waals surface area contributed by atoms with Gasteiger partial charge in [-0.15, -0.1) is 0 Å². The van der Waals surface area contributed by atoms with Crippen LogP contribution in [-0.4, -0.2) is 20.0 Å². The summed E-state index contributed by atoms with van der Waals surface area (Å²) < 4.78 is 0.802. The number of nitrogens with zero attached hydrogens (tertiary/aromatic N) is 4. The summed E-state index contributed by atoms with van der Waals surface area (Å²) in [4.78, 5) is 5.77. The van der Waals surface area contributed by atoms with Crippen LogP contribution in [0.3, 0.4) is 0 Å². The van der Waals surface area contributed by atoms with Crippen molar-refractivity contribution in [1.29, 1.82) is 0 Å². The third kappa shape index (κ3) is 1.75. The molecule has 5 heteroatoms. The molecule has 0 aliphatic rings. The monoisotopic (exact) mass is 238 g/mol. The topological polar surface area (TPSA) is 43.6 Å². The van der Waals surface area contributed by atoms with Crippen LogP contribution in [0, 0.1) is 0 Å². The third-order valence-electron chi connectivity index (χ3n) is 1.58. The fraction of sp³-hybridized carbons (Fsp3) is 0.125. The van der Waals surface area contributed by atoms with Crippen molar-refractivity contribution in [2.45, 2.75) is 0 Å². The molecule has 0 aromatic carbocycles. The van der Waals surface area contributed by atoms with Crippen LogP contribution < -0.4 is 0 Å². The van der Waals surface area contributed by atoms with Crippen molar-refractivity contribution >= 4 is 15.9 Å². The second kappa shape index (κ2) is 3.26. The molecule has 0 saturated carbocycles. The molecule has 0 fully saturated rings. The van der Waals surface area contributed by atoms with Crippen LogP contribution in [-0.2, 0) is 7.05 Å². The molecular formula is C8H7BrN4. The average Bonchev–Trinajstić information content (AvgIpc) is 2.52. The molecule has 0 bridgehead atoms. The van der Waals surface area contributed by atoms with E-state index in [0.717, 1.165) is 16.0 Å². The zero-order chi connectivity index (χ0) is 9.26. The molecule has 13 heavy (non-hydrogen) atoms. The van der Waals surface area contributed by atoms with E-state index in [-0.39, 0.29) is 0 Å². The number of pyridine rings is 1. The van der Waals surface area contributed by atoms with Crippen molar-refractivity contribution in [2.24, 2.45) is 7.05 Å². The number of halogens is 1. The number of rotatable bonds is 1. The standard InChI is InChI=1S/C8H7BrN4/c1-13-10-5-7(12-13)6-3-2-4-8(9)11-6/h2-5H,1H3. The summed E-state index contributed by atoms with van der Waals surface area (Å²) in [6, 6.07) is 5.69. The van der Waals surface area contributed by atoms with Crippen molar-refractivity contribution < 1.29 is 0 Å². The van der Waals surface area contributed by atoms with Crippen LogP contribution in [0.5, 0.6) is 0 Å². The third-order valence-corrected chi connectivity index (χ3v) is 2.02. The maximum absolute atomic E-state index is 4.26. The molecule has 0 saturated heterocycles. The predicted molar refractivity (Wildman–Crippen MR) is 51.9 cm³/mol. The van der Waals surface area contributed by atoms with Gasteiger partial charge in [-0.25, -0.2) is 4.98 Å². The lowest BCUT2D eigenvalue weighted by Crippen LogP contribution is -1.92. The minimum atomic E-state index is 0.781. The molecule has 0 N–H and O–H groups in total. The van der Waals surface area contributed by atoms with Gasteiger partial charge in [0.2, 0.25) is 0 Å². The Labute approximate surface area is 83.7 Å². The Morgan fingerprint density at radius 2 is 2.15 bits per heavy atom. The van der Waals surface area contributed by atoms with Gasteiger partial charge in [-0.3, -0.25) is 0 Å². The second-order valence-corrected chi connectivity index (χ2v) is 3.38. The van der Waals surface area contributed by atoms with Gasteiger partial charge in [-0.05, 0) is 28.1 Å². The van der Waals surface area contributed by atoms with E-state index in [0.29, 0.717) is 0 Å². The lowest BCUT2D eigenvalue weighted by Gasteiger charge is -1.94. The van der Waals surface area contributed by atoms with Gasteiger partial charge < -0.3 is 0 Å². The molecule has 2 aromatic heterocycles. The van der Waals surface area contributed by atoms with Crippen molar-refractivity contribution in [2.75, 3.05) is 0 Å². The fourth-order valence-corrected chi connectivity index (χ4v) is 1.36. The van der Waals surface area contributed by atoms with Crippen molar-refractivity contribution in [3.05, 3.63) is 29.0 Å². The Morgan fingerprint density at radius 3 is 2.77 bits per heavy atom. The lowest BCUT2D eigenvalue weighted by atomic mass is 10.3. The van der Waals surface area contributed by atoms with Crippen LogP contribution >= 0.6 is 15.9 Å². The zero-order valence-electron chi connectivity index (χ0n) is 6.98. The molecule has 4 nitrogen and oxygen atoms in total. The molecule has 0 radical (unpaired) electrons. The highest BCUT2D eigenvalue weighted by Crippen LogP contribution is 2.15. The van der Waals surface area contributed by atoms with Gasteiger partial charge in [-0.2, -0.15) is 15.0 Å². The fourth-order valence-electron chi connectivity index (χ4n) is 1.01. The second-order valence-electron chi connectivity index (χ2n) is 2.56. The van der Waals surface area contributed by atoms with Crippen LogP contribution in [0.2, 0.25) is 0 Å². The summed E-state index contributed by atoms with van der Waals surface area (Å²) in [6.45, 7) is 0. The van der Waals surface area contributed by atoms with E-state index in [9.17, 15) is 0 Å². The minimum absolute atomic E-state index is 0.781. The van der Waals surface area contributed by atoms with Gasteiger partial charge in [0, 0.05) is 7.05 Å². The van der Waals surface area contributed by atoms with Crippen LogP contribution in [0.1, 0.15) is 0 Å². The van der Waals surface area contributed by atoms with Crippen LogP contribution in [0.15, 0.2) is 29.0 Å². The summed E-state index contributed by atoms with van der Waals surface area (Å²) in [7, 11) is 1.78. The highest BCUT2D eigenvalue weighted by Gasteiger charge is 2.02. The largest absolute Gasteiger partial charge is 0.239 e. The highest BCUT2D eigenvalue weighted by atomic mass is 79.9. The van der Waals surface area contributed by atoms with Gasteiger partial charge in [0.1, 0.15) is 10.3 Å². The molecule has 2 rings (SSSR count). The van der Waals surface area contributed by atoms with E-state index >= 15 is 0 Å². The summed E-state index contributed by atoms with van der Waals surface area (Å²) in [6.07, 6.45) is 1.69. The molecular weight excluding hydrogens is 232 g/mol. The maximum Gasteiger partial charge on any atom is 0.131 e. The first-order chi connectivity index (χ1) is 6.25. The van der Waals surface area contributed by atoms with E-state index in [1.165, 1.54) is 4.80 Å². The molecule has 0 aliphatic heterocycles. The number of aromatic nitrogens is 4. The van der Waals surface area contributed by atoms with Crippen molar-refractivity contribution in [3.8, 4) is 11.4 Å². The van der Waals surface area contributed by atoms with Gasteiger partial charge in [-0.1, -0.05) is 6.07 Å². The Morgan fingerprint density at radius 1 is 1.31 bits per heavy atom. The molecule has 0 atom stereocenters. The smallest absolute Gasteiger partial charge is 0.131 e. The van der Waals surface area contributed by atoms with E-state index in [2.05, 4.69) is 31.1 Å². The Bertz CT molecular complexity index is 424. The predicted octanol–water partition coefficient (Wildman–Crippen LogP) is 1.64. The van der Waals surface area contributed by atoms with Gasteiger partial charge in [0.15, 0.2) is 0 Å². The maximum atomic E-state index is 4.26. The molecule has 2 aromatic rings. The first kappa shape index (κ1) is 8.37. The summed E-state index contributed by atoms with van der Waals surface area (Å²) in [5.74, 6) is 0. The van der Waals surface area contributed by atoms with Crippen molar-refractivity contribution in [3.63, 3.8) is 0 Å². The van der Waals surface area contributed by atoms with E-state index < -0.39 is 0 Å². The summed E-state index contributed by atoms with van der Waals surface area (Å²) >= 11 is 3.30. The van der Waals surface area contributed by atoms with Gasteiger partial charge in [0.05, 0.1) is 11.9 Å². The average molecular weight is 239 g/mol. The van der Waals surface area contributed by atoms with Crippen molar-refractivity contribution in [1.82, 2.24) is 20.0 Å². The first-order valence-electron chi connectivity index (χ1n) is 3.75. The van der Waals surface area contributed by atoms with E-state index in [4.69, 9.17) is 0 Å². The lowest BCUT2D eigenvalue weighted by molar-refractivity contribution is 0.655. The molecule has 0 unspecified atom stereocenters. The Hall–Kier alpha value is -1.23. The minimum Gasteiger partial charge on any atom is -0.239 e. The molecule has 0 spiro atoms. The molecule has 2 heterocycles. The van der Waals surface area contributed by atoms with Gasteiger partial charge in [0.25, 0.3) is 0 Å². The zero-order valence-corrected chi connectivity index (χ0v) is 8.56. The molecule has 0 amide bonds. The van der Waals surface area contributed by atoms with Gasteiger partial charge >= 0.3 is 0 Å². The highest BCUT2D eigenvalue weighted by molar-refractivity contribution is 9.10. The number of hydrogen-bond donors (Lipinski definition) is 0. The normalized spacial score (nSPS) is 10.3. The number of aryl methyl sites for hydroxylation is 1. The molecule has 66 valence electrons. The quantitative estimate of drug-likeness (QED) is 0.710. The summed E-state index contributed by atoms with van der Waals surface area (Å²) in [5, 5.41) is 8.12. The SMILES string of the molecule is Cn1ncc(-c2cccc(Br)n2)n1. The van der Waals surface area contributed by atoms with Crippen LogP contribution in [0.25, 0.3) is 11.4 Å². The van der Waals surface area contributed by atoms with Crippen LogP contribution in [0.4, 0.5) is 0 Å².